The van der Waals surface area contributed by atoms with Crippen molar-refractivity contribution in [2.24, 2.45) is 7.05 Å². The lowest BCUT2D eigenvalue weighted by Gasteiger charge is -2.09. The Morgan fingerprint density at radius 2 is 1.56 bits per heavy atom. The smallest absolute Gasteiger partial charge is 0.350 e. The number of hydrogen-bond donors (Lipinski definition) is 1. The van der Waals surface area contributed by atoms with Crippen molar-refractivity contribution in [3.8, 4) is 11.4 Å². The molecule has 3 rings (SSSR count). The fourth-order valence-corrected chi connectivity index (χ4v) is 2.93. The third-order valence-electron chi connectivity index (χ3n) is 4.55. The molecule has 0 aliphatic carbocycles. The van der Waals surface area contributed by atoms with Gasteiger partial charge in [0.1, 0.15) is 0 Å². The van der Waals surface area contributed by atoms with E-state index in [9.17, 15) is 35.9 Å². The lowest BCUT2D eigenvalue weighted by molar-refractivity contribution is -0.138. The second kappa shape index (κ2) is 8.52. The molecule has 1 heterocycles. The van der Waals surface area contributed by atoms with Crippen LogP contribution >= 0.6 is 0 Å². The predicted molar refractivity (Wildman–Crippen MR) is 102 cm³/mol. The number of benzene rings is 2. The Kier molecular flexibility index (Phi) is 6.15. The van der Waals surface area contributed by atoms with Gasteiger partial charge in [0.05, 0.1) is 17.7 Å². The number of amides is 1. The van der Waals surface area contributed by atoms with Crippen LogP contribution in [0.15, 0.2) is 53.3 Å². The van der Waals surface area contributed by atoms with Crippen LogP contribution in [0.4, 0.5) is 26.3 Å². The quantitative estimate of drug-likeness (QED) is 0.593. The largest absolute Gasteiger partial charge is 0.416 e. The van der Waals surface area contributed by atoms with Crippen LogP contribution in [0.1, 0.15) is 21.5 Å². The summed E-state index contributed by atoms with van der Waals surface area (Å²) in [4.78, 5) is 24.5. The van der Waals surface area contributed by atoms with Gasteiger partial charge in [0.2, 0.25) is 0 Å². The van der Waals surface area contributed by atoms with Crippen molar-refractivity contribution in [3.63, 3.8) is 0 Å². The zero-order chi connectivity index (χ0) is 23.7. The molecule has 0 saturated carbocycles. The van der Waals surface area contributed by atoms with Crippen molar-refractivity contribution in [1.29, 1.82) is 0 Å². The van der Waals surface area contributed by atoms with E-state index in [1.165, 1.54) is 25.2 Å². The summed E-state index contributed by atoms with van der Waals surface area (Å²) in [7, 11) is 1.34. The van der Waals surface area contributed by atoms with E-state index in [0.29, 0.717) is 6.07 Å². The van der Waals surface area contributed by atoms with Crippen LogP contribution in [0.2, 0.25) is 0 Å². The molecule has 3 aromatic rings. The van der Waals surface area contributed by atoms with Gasteiger partial charge in [-0.25, -0.2) is 9.48 Å². The van der Waals surface area contributed by atoms with E-state index in [1.807, 2.05) is 0 Å². The number of nitrogens with zero attached hydrogens (tertiary/aromatic N) is 3. The molecule has 0 bridgehead atoms. The molecule has 170 valence electrons. The Labute approximate surface area is 177 Å². The first kappa shape index (κ1) is 23.1. The maximum atomic E-state index is 12.9. The second-order valence-electron chi connectivity index (χ2n) is 6.80. The Bertz CT molecular complexity index is 1190. The third-order valence-corrected chi connectivity index (χ3v) is 4.55. The van der Waals surface area contributed by atoms with Crippen molar-refractivity contribution in [2.75, 3.05) is 6.54 Å². The first-order valence-corrected chi connectivity index (χ1v) is 9.15. The Hall–Kier alpha value is -3.57. The van der Waals surface area contributed by atoms with E-state index in [4.69, 9.17) is 0 Å². The van der Waals surface area contributed by atoms with Crippen molar-refractivity contribution >= 4 is 5.91 Å². The van der Waals surface area contributed by atoms with Gasteiger partial charge in [-0.3, -0.25) is 9.36 Å². The highest BCUT2D eigenvalue weighted by Crippen LogP contribution is 2.31. The van der Waals surface area contributed by atoms with E-state index in [0.717, 1.165) is 33.5 Å². The summed E-state index contributed by atoms with van der Waals surface area (Å²) in [5.41, 5.74) is -2.64. The van der Waals surface area contributed by atoms with Crippen LogP contribution in [-0.4, -0.2) is 26.8 Å². The van der Waals surface area contributed by atoms with Gasteiger partial charge in [-0.15, -0.1) is 5.10 Å². The molecule has 32 heavy (non-hydrogen) atoms. The average molecular weight is 458 g/mol. The molecule has 1 amide bonds. The molecule has 0 spiro atoms. The van der Waals surface area contributed by atoms with Gasteiger partial charge in [-0.05, 0) is 30.3 Å². The summed E-state index contributed by atoms with van der Waals surface area (Å²) >= 11 is 0. The normalized spacial score (nSPS) is 12.1. The number of rotatable bonds is 5. The van der Waals surface area contributed by atoms with Crippen LogP contribution in [0, 0.1) is 0 Å². The van der Waals surface area contributed by atoms with Crippen molar-refractivity contribution < 1.29 is 31.1 Å². The molecular formula is C20H16F6N4O2. The van der Waals surface area contributed by atoms with Crippen LogP contribution in [-0.2, 0) is 25.9 Å². The third kappa shape index (κ3) is 5.01. The van der Waals surface area contributed by atoms with Gasteiger partial charge in [-0.1, -0.05) is 18.2 Å². The summed E-state index contributed by atoms with van der Waals surface area (Å²) in [6, 6.07) is 8.16. The summed E-state index contributed by atoms with van der Waals surface area (Å²) in [5.74, 6) is -0.788. The highest BCUT2D eigenvalue weighted by Gasteiger charge is 2.31. The molecule has 1 aromatic heterocycles. The maximum Gasteiger partial charge on any atom is 0.416 e. The summed E-state index contributed by atoms with van der Waals surface area (Å²) in [6.07, 6.45) is -9.16. The fourth-order valence-electron chi connectivity index (χ4n) is 2.93. The summed E-state index contributed by atoms with van der Waals surface area (Å²) in [5, 5.41) is 6.41. The van der Waals surface area contributed by atoms with Crippen LogP contribution in [0.3, 0.4) is 0 Å². The monoisotopic (exact) mass is 458 g/mol. The van der Waals surface area contributed by atoms with Gasteiger partial charge < -0.3 is 5.32 Å². The minimum Gasteiger partial charge on any atom is -0.350 e. The molecule has 0 saturated heterocycles. The molecule has 6 nitrogen and oxygen atoms in total. The second-order valence-corrected chi connectivity index (χ2v) is 6.80. The first-order valence-electron chi connectivity index (χ1n) is 9.15. The average Bonchev–Trinajstić information content (AvgIpc) is 3.01. The van der Waals surface area contributed by atoms with E-state index >= 15 is 0 Å². The molecule has 0 aliphatic heterocycles. The van der Waals surface area contributed by atoms with Crippen molar-refractivity contribution in [2.45, 2.75) is 18.9 Å². The summed E-state index contributed by atoms with van der Waals surface area (Å²) in [6.45, 7) is -0.287. The molecule has 0 aliphatic rings. The summed E-state index contributed by atoms with van der Waals surface area (Å²) < 4.78 is 79.2. The van der Waals surface area contributed by atoms with Gasteiger partial charge >= 0.3 is 18.0 Å². The number of aromatic nitrogens is 3. The topological polar surface area (TPSA) is 68.9 Å². The standard InChI is InChI=1S/C20H16F6N4O2/c1-29-16(12-4-2-6-14(10-12)19(21,22)23)28-30(18(29)32)9-8-27-17(31)13-5-3-7-15(11-13)20(24,25)26/h2-7,10-11H,8-9H2,1H3,(H,27,31). The van der Waals surface area contributed by atoms with E-state index in [2.05, 4.69) is 10.4 Å². The number of carbonyl (C=O) groups is 1. The molecular weight excluding hydrogens is 442 g/mol. The van der Waals surface area contributed by atoms with Crippen molar-refractivity contribution in [1.82, 2.24) is 19.7 Å². The van der Waals surface area contributed by atoms with Crippen molar-refractivity contribution in [3.05, 3.63) is 75.7 Å². The molecule has 0 fully saturated rings. The zero-order valence-electron chi connectivity index (χ0n) is 16.5. The van der Waals surface area contributed by atoms with E-state index in [1.54, 1.807) is 0 Å². The SMILES string of the molecule is Cn1c(-c2cccc(C(F)(F)F)c2)nn(CCNC(=O)c2cccc(C(F)(F)F)c2)c1=O. The molecule has 12 heteroatoms. The van der Waals surface area contributed by atoms with E-state index < -0.39 is 35.1 Å². The number of alkyl halides is 6. The lowest BCUT2D eigenvalue weighted by Crippen LogP contribution is -2.31. The number of carbonyl (C=O) groups excluding carboxylic acids is 1. The highest BCUT2D eigenvalue weighted by atomic mass is 19.4. The number of nitrogens with one attached hydrogen (secondary N) is 1. The number of halogens is 6. The van der Waals surface area contributed by atoms with Gasteiger partial charge in [-0.2, -0.15) is 26.3 Å². The van der Waals surface area contributed by atoms with E-state index in [-0.39, 0.29) is 30.0 Å². The van der Waals surface area contributed by atoms with Gasteiger partial charge in [0, 0.05) is 24.7 Å². The van der Waals surface area contributed by atoms with Gasteiger partial charge in [0.15, 0.2) is 5.82 Å². The zero-order valence-corrected chi connectivity index (χ0v) is 16.5. The molecule has 0 atom stereocenters. The molecule has 1 N–H and O–H groups in total. The fraction of sp³-hybridized carbons (Fsp3) is 0.250. The van der Waals surface area contributed by atoms with Gasteiger partial charge in [0.25, 0.3) is 5.91 Å². The number of hydrogen-bond acceptors (Lipinski definition) is 3. The molecule has 0 radical (unpaired) electrons. The Morgan fingerprint density at radius 1 is 0.969 bits per heavy atom. The molecule has 0 unspecified atom stereocenters. The minimum atomic E-state index is -4.60. The first-order chi connectivity index (χ1) is 14.9. The van der Waals surface area contributed by atoms with Crippen LogP contribution < -0.4 is 11.0 Å². The predicted octanol–water partition coefficient (Wildman–Crippen LogP) is 3.72. The lowest BCUT2D eigenvalue weighted by atomic mass is 10.1. The van der Waals surface area contributed by atoms with Crippen LogP contribution in [0.25, 0.3) is 11.4 Å². The highest BCUT2D eigenvalue weighted by molar-refractivity contribution is 5.94. The maximum absolute atomic E-state index is 12.9. The minimum absolute atomic E-state index is 0.00898. The Balaban J connectivity index is 1.73. The Morgan fingerprint density at radius 3 is 2.19 bits per heavy atom. The molecule has 2 aromatic carbocycles. The van der Waals surface area contributed by atoms with Crippen LogP contribution in [0.5, 0.6) is 0 Å².